The molecule has 0 heterocycles. The van der Waals surface area contributed by atoms with E-state index in [4.69, 9.17) is 11.6 Å². The Bertz CT molecular complexity index is 567. The Morgan fingerprint density at radius 2 is 2.05 bits per heavy atom. The van der Waals surface area contributed by atoms with Crippen LogP contribution in [0.4, 0.5) is 5.69 Å². The third-order valence-corrected chi connectivity index (χ3v) is 5.49. The molecule has 0 unspecified atom stereocenters. The first-order valence-electron chi connectivity index (χ1n) is 6.65. The molecule has 0 atom stereocenters. The molecule has 1 aromatic carbocycles. The molecule has 0 aliphatic heterocycles. The van der Waals surface area contributed by atoms with E-state index in [2.05, 4.69) is 39.8 Å². The normalized spacial score (nSPS) is 12.1. The zero-order chi connectivity index (χ0) is 16.0. The minimum Gasteiger partial charge on any atom is -0.314 e. The topological polar surface area (TPSA) is 61.4 Å². The molecule has 2 N–H and O–H groups in total. The Hall–Kier alpha value is -0.340. The highest BCUT2D eigenvalue weighted by Gasteiger charge is 2.17. The number of benzene rings is 1. The van der Waals surface area contributed by atoms with Gasteiger partial charge in [0.05, 0.1) is 10.7 Å². The number of nitrogens with one attached hydrogen (secondary N) is 2. The van der Waals surface area contributed by atoms with E-state index in [1.807, 2.05) is 0 Å². The van der Waals surface area contributed by atoms with Crippen molar-refractivity contribution in [2.45, 2.75) is 26.3 Å². The molecule has 0 saturated carbocycles. The minimum atomic E-state index is -3.55. The minimum absolute atomic E-state index is 0.399. The van der Waals surface area contributed by atoms with Gasteiger partial charge in [-0.25, -0.2) is 0 Å². The average molecular weight is 399 g/mol. The third-order valence-electron chi connectivity index (χ3n) is 2.78. The van der Waals surface area contributed by atoms with E-state index in [1.54, 1.807) is 25.2 Å². The fraction of sp³-hybridized carbons (Fsp3) is 0.538. The molecule has 0 fully saturated rings. The van der Waals surface area contributed by atoms with Gasteiger partial charge in [0.2, 0.25) is 0 Å². The van der Waals surface area contributed by atoms with Gasteiger partial charge in [-0.1, -0.05) is 25.4 Å². The average Bonchev–Trinajstić information content (AvgIpc) is 2.38. The highest BCUT2D eigenvalue weighted by atomic mass is 79.9. The lowest BCUT2D eigenvalue weighted by Crippen LogP contribution is -2.35. The molecule has 8 heteroatoms. The van der Waals surface area contributed by atoms with Crippen molar-refractivity contribution < 1.29 is 8.42 Å². The van der Waals surface area contributed by atoms with Crippen LogP contribution in [0.15, 0.2) is 22.7 Å². The van der Waals surface area contributed by atoms with E-state index in [0.29, 0.717) is 27.8 Å². The van der Waals surface area contributed by atoms with Crippen molar-refractivity contribution in [1.29, 1.82) is 0 Å². The predicted molar refractivity (Wildman–Crippen MR) is 92.1 cm³/mol. The maximum absolute atomic E-state index is 12.2. The van der Waals surface area contributed by atoms with Crippen molar-refractivity contribution in [3.63, 3.8) is 0 Å². The molecule has 0 bridgehead atoms. The number of hydrogen-bond donors (Lipinski definition) is 2. The van der Waals surface area contributed by atoms with E-state index >= 15 is 0 Å². The largest absolute Gasteiger partial charge is 0.314 e. The summed E-state index contributed by atoms with van der Waals surface area (Å²) in [5, 5.41) is 3.79. The highest BCUT2D eigenvalue weighted by molar-refractivity contribution is 9.10. The smallest absolute Gasteiger partial charge is 0.301 e. The van der Waals surface area contributed by atoms with Crippen molar-refractivity contribution in [3.8, 4) is 0 Å². The highest BCUT2D eigenvalue weighted by Crippen LogP contribution is 2.26. The van der Waals surface area contributed by atoms with Crippen LogP contribution in [0.1, 0.15) is 20.3 Å². The maximum atomic E-state index is 12.2. The van der Waals surface area contributed by atoms with Gasteiger partial charge in [-0.05, 0) is 47.1 Å². The van der Waals surface area contributed by atoms with Crippen LogP contribution >= 0.6 is 27.5 Å². The molecule has 0 aromatic heterocycles. The standard InChI is InChI=1S/C13H21BrClN3O2S/c1-10(2)16-7-4-8-18(3)21(19,20)17-11-5-6-13(15)12(14)9-11/h5-6,9-10,16-17H,4,7-8H2,1-3H3. The van der Waals surface area contributed by atoms with E-state index in [0.717, 1.165) is 13.0 Å². The molecule has 0 radical (unpaired) electrons. The van der Waals surface area contributed by atoms with E-state index in [9.17, 15) is 8.42 Å². The van der Waals surface area contributed by atoms with Gasteiger partial charge >= 0.3 is 10.2 Å². The lowest BCUT2D eigenvalue weighted by atomic mass is 10.3. The first-order valence-corrected chi connectivity index (χ1v) is 9.26. The van der Waals surface area contributed by atoms with Gasteiger partial charge in [0, 0.05) is 24.1 Å². The lowest BCUT2D eigenvalue weighted by Gasteiger charge is -2.19. The summed E-state index contributed by atoms with van der Waals surface area (Å²) in [5.74, 6) is 0. The second-order valence-electron chi connectivity index (χ2n) is 5.02. The number of hydrogen-bond acceptors (Lipinski definition) is 3. The van der Waals surface area contributed by atoms with Gasteiger partial charge in [-0.3, -0.25) is 4.72 Å². The van der Waals surface area contributed by atoms with Crippen LogP contribution in [0.5, 0.6) is 0 Å². The van der Waals surface area contributed by atoms with Crippen molar-refractivity contribution in [1.82, 2.24) is 9.62 Å². The quantitative estimate of drug-likeness (QED) is 0.662. The zero-order valence-corrected chi connectivity index (χ0v) is 15.5. The molecule has 0 aliphatic rings. The van der Waals surface area contributed by atoms with Gasteiger partial charge in [0.1, 0.15) is 0 Å². The summed E-state index contributed by atoms with van der Waals surface area (Å²) < 4.78 is 28.8. The van der Waals surface area contributed by atoms with E-state index in [1.165, 1.54) is 4.31 Å². The van der Waals surface area contributed by atoms with Crippen LogP contribution in [0, 0.1) is 0 Å². The van der Waals surface area contributed by atoms with Crippen LogP contribution in [0.2, 0.25) is 5.02 Å². The molecule has 5 nitrogen and oxygen atoms in total. The monoisotopic (exact) mass is 397 g/mol. The van der Waals surface area contributed by atoms with Crippen molar-refractivity contribution in [2.75, 3.05) is 24.9 Å². The number of anilines is 1. The molecular formula is C13H21BrClN3O2S. The molecule has 1 aromatic rings. The summed E-state index contributed by atoms with van der Waals surface area (Å²) >= 11 is 9.15. The number of rotatable bonds is 8. The molecule has 0 saturated heterocycles. The molecule has 0 spiro atoms. The third kappa shape index (κ3) is 6.52. The molecule has 120 valence electrons. The molecule has 1 rings (SSSR count). The van der Waals surface area contributed by atoms with Crippen LogP contribution < -0.4 is 10.0 Å². The van der Waals surface area contributed by atoms with E-state index in [-0.39, 0.29) is 0 Å². The number of nitrogens with zero attached hydrogens (tertiary/aromatic N) is 1. The van der Waals surface area contributed by atoms with Crippen LogP contribution in [0.25, 0.3) is 0 Å². The van der Waals surface area contributed by atoms with Crippen molar-refractivity contribution in [3.05, 3.63) is 27.7 Å². The summed E-state index contributed by atoms with van der Waals surface area (Å²) in [4.78, 5) is 0. The predicted octanol–water partition coefficient (Wildman–Crippen LogP) is 3.08. The summed E-state index contributed by atoms with van der Waals surface area (Å²) in [5.41, 5.74) is 0.471. The Morgan fingerprint density at radius 3 is 2.62 bits per heavy atom. The molecule has 0 aliphatic carbocycles. The fourth-order valence-electron chi connectivity index (χ4n) is 1.60. The van der Waals surface area contributed by atoms with Gasteiger partial charge < -0.3 is 5.32 Å². The van der Waals surface area contributed by atoms with Crippen molar-refractivity contribution in [2.24, 2.45) is 0 Å². The Kier molecular flexibility index (Phi) is 7.42. The van der Waals surface area contributed by atoms with Gasteiger partial charge in [-0.2, -0.15) is 12.7 Å². The maximum Gasteiger partial charge on any atom is 0.301 e. The zero-order valence-electron chi connectivity index (χ0n) is 12.4. The fourth-order valence-corrected chi connectivity index (χ4v) is 3.05. The number of halogens is 2. The van der Waals surface area contributed by atoms with Crippen LogP contribution in [-0.2, 0) is 10.2 Å². The second kappa shape index (κ2) is 8.33. The molecular weight excluding hydrogens is 378 g/mol. The van der Waals surface area contributed by atoms with Crippen molar-refractivity contribution >= 4 is 43.4 Å². The summed E-state index contributed by atoms with van der Waals surface area (Å²) in [6.07, 6.45) is 0.750. The Labute approximate surface area is 140 Å². The van der Waals surface area contributed by atoms with Crippen LogP contribution in [0.3, 0.4) is 0 Å². The van der Waals surface area contributed by atoms with Gasteiger partial charge in [0.15, 0.2) is 0 Å². The van der Waals surface area contributed by atoms with Gasteiger partial charge in [-0.15, -0.1) is 0 Å². The summed E-state index contributed by atoms with van der Waals surface area (Å²) in [6.45, 7) is 5.34. The summed E-state index contributed by atoms with van der Waals surface area (Å²) in [6, 6.07) is 5.29. The molecule has 21 heavy (non-hydrogen) atoms. The van der Waals surface area contributed by atoms with Crippen LogP contribution in [-0.4, -0.2) is 38.9 Å². The lowest BCUT2D eigenvalue weighted by molar-refractivity contribution is 0.451. The van der Waals surface area contributed by atoms with Gasteiger partial charge in [0.25, 0.3) is 0 Å². The molecule has 0 amide bonds. The first-order chi connectivity index (χ1) is 9.72. The second-order valence-corrected chi connectivity index (χ2v) is 8.06. The Morgan fingerprint density at radius 1 is 1.38 bits per heavy atom. The summed E-state index contributed by atoms with van der Waals surface area (Å²) in [7, 11) is -1.99. The first kappa shape index (κ1) is 18.7. The SMILES string of the molecule is CC(C)NCCCN(C)S(=O)(=O)Nc1ccc(Cl)c(Br)c1. The Balaban J connectivity index is 2.57. The van der Waals surface area contributed by atoms with E-state index < -0.39 is 10.2 Å².